The van der Waals surface area contributed by atoms with Gasteiger partial charge in [0, 0.05) is 29.6 Å². The van der Waals surface area contributed by atoms with Crippen LogP contribution in [0.2, 0.25) is 0 Å². The Morgan fingerprint density at radius 3 is 2.72 bits per heavy atom. The average Bonchev–Trinajstić information content (AvgIpc) is 3.18. The van der Waals surface area contributed by atoms with E-state index in [1.165, 1.54) is 5.56 Å². The first-order valence-electron chi connectivity index (χ1n) is 13.7. The van der Waals surface area contributed by atoms with Crippen molar-refractivity contribution in [2.45, 2.75) is 46.6 Å². The topological polar surface area (TPSA) is 79.8 Å². The number of aryl methyl sites for hydroxylation is 2. The maximum Gasteiger partial charge on any atom is 0.180 e. The molecule has 7 nitrogen and oxygen atoms in total. The second kappa shape index (κ2) is 9.19. The number of hydrogen-bond donors (Lipinski definition) is 1. The number of aromatic amines is 1. The van der Waals surface area contributed by atoms with Crippen LogP contribution in [0.5, 0.6) is 5.75 Å². The van der Waals surface area contributed by atoms with Gasteiger partial charge in [-0.05, 0) is 79.1 Å². The van der Waals surface area contributed by atoms with Crippen LogP contribution in [0.3, 0.4) is 0 Å². The summed E-state index contributed by atoms with van der Waals surface area (Å²) in [5.74, 6) is 3.58. The van der Waals surface area contributed by atoms with Crippen molar-refractivity contribution in [1.82, 2.24) is 24.9 Å². The predicted octanol–water partition coefficient (Wildman–Crippen LogP) is 6.30. The SMILES string of the molecule is Cc1nc2ccc(-c3ccc4c(c3)CN(c3nc(-c5ccccn5)nc5c3CC(C)(C)CC5)CCO4)cc2[nH]1. The Hall–Kier alpha value is -4.26. The largest absolute Gasteiger partial charge is 0.491 e. The second-order valence-corrected chi connectivity index (χ2v) is 11.5. The van der Waals surface area contributed by atoms with Crippen molar-refractivity contribution in [1.29, 1.82) is 0 Å². The number of rotatable bonds is 3. The Balaban J connectivity index is 1.29. The smallest absolute Gasteiger partial charge is 0.180 e. The molecule has 7 heteroatoms. The molecule has 5 aromatic rings. The number of anilines is 1. The van der Waals surface area contributed by atoms with E-state index in [2.05, 4.69) is 70.1 Å². The molecular weight excluding hydrogens is 484 g/mol. The van der Waals surface area contributed by atoms with E-state index >= 15 is 0 Å². The van der Waals surface area contributed by atoms with Crippen LogP contribution >= 0.6 is 0 Å². The van der Waals surface area contributed by atoms with Crippen LogP contribution < -0.4 is 9.64 Å². The van der Waals surface area contributed by atoms with Crippen LogP contribution in [-0.2, 0) is 19.4 Å². The third-order valence-corrected chi connectivity index (χ3v) is 7.93. The van der Waals surface area contributed by atoms with Gasteiger partial charge in [-0.1, -0.05) is 32.0 Å². The third kappa shape index (κ3) is 4.52. The van der Waals surface area contributed by atoms with Crippen molar-refractivity contribution >= 4 is 16.9 Å². The number of benzene rings is 2. The van der Waals surface area contributed by atoms with Crippen LogP contribution in [0, 0.1) is 12.3 Å². The van der Waals surface area contributed by atoms with E-state index in [4.69, 9.17) is 14.7 Å². The van der Waals surface area contributed by atoms with E-state index in [-0.39, 0.29) is 5.41 Å². The molecule has 0 fully saturated rings. The molecular formula is C32H32N6O. The quantitative estimate of drug-likeness (QED) is 0.303. The highest BCUT2D eigenvalue weighted by atomic mass is 16.5. The summed E-state index contributed by atoms with van der Waals surface area (Å²) in [5.41, 5.74) is 8.96. The molecule has 39 heavy (non-hydrogen) atoms. The lowest BCUT2D eigenvalue weighted by Gasteiger charge is -2.34. The zero-order valence-electron chi connectivity index (χ0n) is 22.7. The first-order chi connectivity index (χ1) is 18.9. The van der Waals surface area contributed by atoms with Gasteiger partial charge in [-0.15, -0.1) is 0 Å². The molecule has 0 saturated heterocycles. The first-order valence-corrected chi connectivity index (χ1v) is 13.7. The van der Waals surface area contributed by atoms with E-state index in [0.29, 0.717) is 12.4 Å². The molecule has 0 saturated carbocycles. The highest BCUT2D eigenvalue weighted by Crippen LogP contribution is 2.40. The van der Waals surface area contributed by atoms with Gasteiger partial charge in [0.25, 0.3) is 0 Å². The number of nitrogens with zero attached hydrogens (tertiary/aromatic N) is 5. The summed E-state index contributed by atoms with van der Waals surface area (Å²) in [7, 11) is 0. The van der Waals surface area contributed by atoms with Crippen molar-refractivity contribution in [3.05, 3.63) is 83.4 Å². The summed E-state index contributed by atoms with van der Waals surface area (Å²) in [6, 6.07) is 18.8. The summed E-state index contributed by atoms with van der Waals surface area (Å²) in [6.45, 7) is 8.76. The Morgan fingerprint density at radius 1 is 0.974 bits per heavy atom. The summed E-state index contributed by atoms with van der Waals surface area (Å²) in [5, 5.41) is 0. The van der Waals surface area contributed by atoms with E-state index in [0.717, 1.165) is 88.9 Å². The molecule has 7 rings (SSSR count). The molecule has 1 aliphatic heterocycles. The fourth-order valence-corrected chi connectivity index (χ4v) is 5.87. The Morgan fingerprint density at radius 2 is 1.85 bits per heavy atom. The number of ether oxygens (including phenoxy) is 1. The maximum atomic E-state index is 6.25. The van der Waals surface area contributed by atoms with Gasteiger partial charge in [-0.2, -0.15) is 0 Å². The second-order valence-electron chi connectivity index (χ2n) is 11.5. The van der Waals surface area contributed by atoms with Crippen LogP contribution in [0.15, 0.2) is 60.8 Å². The minimum absolute atomic E-state index is 0.217. The van der Waals surface area contributed by atoms with Crippen molar-refractivity contribution in [3.8, 4) is 28.4 Å². The number of H-pyrrole nitrogens is 1. The molecule has 3 aromatic heterocycles. The molecule has 0 radical (unpaired) electrons. The van der Waals surface area contributed by atoms with Crippen molar-refractivity contribution in [2.75, 3.05) is 18.1 Å². The highest BCUT2D eigenvalue weighted by molar-refractivity contribution is 5.82. The van der Waals surface area contributed by atoms with Crippen LogP contribution in [0.4, 0.5) is 5.82 Å². The van der Waals surface area contributed by atoms with Gasteiger partial charge in [0.1, 0.15) is 29.7 Å². The molecule has 1 N–H and O–H groups in total. The van der Waals surface area contributed by atoms with Gasteiger partial charge >= 0.3 is 0 Å². The fourth-order valence-electron chi connectivity index (χ4n) is 5.87. The van der Waals surface area contributed by atoms with Crippen LogP contribution in [0.25, 0.3) is 33.7 Å². The van der Waals surface area contributed by atoms with Crippen LogP contribution in [-0.4, -0.2) is 38.1 Å². The first kappa shape index (κ1) is 23.8. The Bertz CT molecular complexity index is 1690. The van der Waals surface area contributed by atoms with Gasteiger partial charge < -0.3 is 14.6 Å². The van der Waals surface area contributed by atoms with E-state index in [1.54, 1.807) is 6.20 Å². The zero-order chi connectivity index (χ0) is 26.6. The molecule has 0 amide bonds. The lowest BCUT2D eigenvalue weighted by Crippen LogP contribution is -2.31. The van der Waals surface area contributed by atoms with Gasteiger partial charge in [-0.25, -0.2) is 15.0 Å². The molecule has 0 unspecified atom stereocenters. The molecule has 0 atom stereocenters. The summed E-state index contributed by atoms with van der Waals surface area (Å²) in [6.07, 6.45) is 4.85. The molecule has 2 aromatic carbocycles. The summed E-state index contributed by atoms with van der Waals surface area (Å²) in [4.78, 5) is 25.0. The Kier molecular flexibility index (Phi) is 5.61. The van der Waals surface area contributed by atoms with Crippen molar-refractivity contribution in [3.63, 3.8) is 0 Å². The van der Waals surface area contributed by atoms with E-state index in [1.807, 2.05) is 25.1 Å². The summed E-state index contributed by atoms with van der Waals surface area (Å²) >= 11 is 0. The minimum Gasteiger partial charge on any atom is -0.491 e. The van der Waals surface area contributed by atoms with Crippen molar-refractivity contribution in [2.24, 2.45) is 5.41 Å². The number of fused-ring (bicyclic) bond motifs is 3. The van der Waals surface area contributed by atoms with E-state index < -0.39 is 0 Å². The number of imidazole rings is 1. The number of aromatic nitrogens is 5. The normalized spacial score (nSPS) is 16.3. The molecule has 0 bridgehead atoms. The monoisotopic (exact) mass is 516 g/mol. The number of nitrogens with one attached hydrogen (secondary N) is 1. The molecule has 1 aliphatic carbocycles. The molecule has 2 aliphatic rings. The molecule has 0 spiro atoms. The van der Waals surface area contributed by atoms with Gasteiger partial charge in [0.2, 0.25) is 0 Å². The van der Waals surface area contributed by atoms with Gasteiger partial charge in [-0.3, -0.25) is 4.98 Å². The maximum absolute atomic E-state index is 6.25. The zero-order valence-corrected chi connectivity index (χ0v) is 22.7. The predicted molar refractivity (Wildman–Crippen MR) is 154 cm³/mol. The third-order valence-electron chi connectivity index (χ3n) is 7.93. The molecule has 196 valence electrons. The minimum atomic E-state index is 0.217. The highest BCUT2D eigenvalue weighted by Gasteiger charge is 2.32. The van der Waals surface area contributed by atoms with Gasteiger partial charge in [0.15, 0.2) is 5.82 Å². The standard InChI is InChI=1S/C32H32N6O/c1-20-34-26-9-7-22(17-28(26)35-20)21-8-10-29-23(16-21)19-38(14-15-39-29)31-24-18-32(2,3)12-11-25(24)36-30(37-31)27-6-4-5-13-33-27/h4-10,13,16-17H,11-12,14-15,18-19H2,1-3H3,(H,34,35). The van der Waals surface area contributed by atoms with Crippen LogP contribution in [0.1, 0.15) is 42.9 Å². The lowest BCUT2D eigenvalue weighted by molar-refractivity contribution is 0.311. The number of pyridine rings is 1. The lowest BCUT2D eigenvalue weighted by atomic mass is 9.76. The fraction of sp³-hybridized carbons (Fsp3) is 0.312. The average molecular weight is 517 g/mol. The van der Waals surface area contributed by atoms with Crippen molar-refractivity contribution < 1.29 is 4.74 Å². The Labute approximate surface area is 228 Å². The van der Waals surface area contributed by atoms with Gasteiger partial charge in [0.05, 0.1) is 17.6 Å². The van der Waals surface area contributed by atoms with E-state index in [9.17, 15) is 0 Å². The molecule has 4 heterocycles. The number of hydrogen-bond acceptors (Lipinski definition) is 6. The summed E-state index contributed by atoms with van der Waals surface area (Å²) < 4.78 is 6.25.